The normalized spacial score (nSPS) is 14.3. The van der Waals surface area contributed by atoms with Gasteiger partial charge < -0.3 is 10.5 Å². The third kappa shape index (κ3) is 2.36. The minimum Gasteiger partial charge on any atom is -0.464 e. The zero-order chi connectivity index (χ0) is 12.3. The Balaban J connectivity index is 3.11. The van der Waals surface area contributed by atoms with Gasteiger partial charge in [0, 0.05) is 11.6 Å². The predicted octanol–water partition coefficient (Wildman–Crippen LogP) is 1.70. The molecule has 0 saturated carbocycles. The molecule has 0 saturated heterocycles. The Kier molecular flexibility index (Phi) is 3.59. The molecule has 1 rings (SSSR count). The van der Waals surface area contributed by atoms with Crippen molar-refractivity contribution in [3.05, 3.63) is 35.4 Å². The maximum absolute atomic E-state index is 13.4. The number of ether oxygens (including phenoxy) is 1. The first-order valence-corrected chi connectivity index (χ1v) is 4.81. The fraction of sp³-hybridized carbons (Fsp3) is 0.364. The van der Waals surface area contributed by atoms with Gasteiger partial charge in [0.2, 0.25) is 0 Å². The molecule has 0 radical (unpaired) electrons. The van der Waals surface area contributed by atoms with Gasteiger partial charge in [0.1, 0.15) is 17.2 Å². The molecule has 0 aromatic heterocycles. The summed E-state index contributed by atoms with van der Waals surface area (Å²) in [6, 6.07) is 2.87. The lowest BCUT2D eigenvalue weighted by Gasteiger charge is -2.23. The van der Waals surface area contributed by atoms with Crippen LogP contribution in [0.25, 0.3) is 0 Å². The summed E-state index contributed by atoms with van der Waals surface area (Å²) < 4.78 is 30.8. The van der Waals surface area contributed by atoms with Crippen molar-refractivity contribution in [1.82, 2.24) is 0 Å². The summed E-state index contributed by atoms with van der Waals surface area (Å²) in [5, 5.41) is 0. The van der Waals surface area contributed by atoms with Crippen molar-refractivity contribution in [3.8, 4) is 0 Å². The molecular formula is C11H13F2NO2. The third-order valence-corrected chi connectivity index (χ3v) is 2.19. The summed E-state index contributed by atoms with van der Waals surface area (Å²) in [5.74, 6) is -2.33. The van der Waals surface area contributed by atoms with Crippen LogP contribution in [0.2, 0.25) is 0 Å². The Morgan fingerprint density at radius 1 is 1.50 bits per heavy atom. The molecule has 0 heterocycles. The highest BCUT2D eigenvalue weighted by atomic mass is 19.1. The summed E-state index contributed by atoms with van der Waals surface area (Å²) in [4.78, 5) is 11.5. The van der Waals surface area contributed by atoms with Crippen LogP contribution in [0.15, 0.2) is 18.2 Å². The molecule has 0 aliphatic heterocycles. The summed E-state index contributed by atoms with van der Waals surface area (Å²) in [5.41, 5.74) is 3.97. The van der Waals surface area contributed by atoms with E-state index in [1.54, 1.807) is 6.92 Å². The predicted molar refractivity (Wildman–Crippen MR) is 54.5 cm³/mol. The molecule has 3 nitrogen and oxygen atoms in total. The molecular weight excluding hydrogens is 216 g/mol. The molecule has 16 heavy (non-hydrogen) atoms. The summed E-state index contributed by atoms with van der Waals surface area (Å²) >= 11 is 0. The largest absolute Gasteiger partial charge is 0.464 e. The SMILES string of the molecule is CCOC(=O)C(C)(N)c1ccc(F)cc1F. The number of esters is 1. The molecule has 0 amide bonds. The average Bonchev–Trinajstić information content (AvgIpc) is 2.17. The number of benzene rings is 1. The molecule has 1 aromatic carbocycles. The Morgan fingerprint density at radius 2 is 2.12 bits per heavy atom. The summed E-state index contributed by atoms with van der Waals surface area (Å²) in [6.07, 6.45) is 0. The van der Waals surface area contributed by atoms with Crippen LogP contribution in [-0.4, -0.2) is 12.6 Å². The van der Waals surface area contributed by atoms with Crippen LogP contribution in [0.1, 0.15) is 19.4 Å². The van der Waals surface area contributed by atoms with E-state index in [0.29, 0.717) is 6.07 Å². The molecule has 1 aromatic rings. The van der Waals surface area contributed by atoms with Crippen molar-refractivity contribution in [2.75, 3.05) is 6.61 Å². The van der Waals surface area contributed by atoms with E-state index in [4.69, 9.17) is 10.5 Å². The van der Waals surface area contributed by atoms with Crippen LogP contribution in [-0.2, 0) is 15.1 Å². The second-order valence-electron chi connectivity index (χ2n) is 3.55. The highest BCUT2D eigenvalue weighted by Crippen LogP contribution is 2.23. The van der Waals surface area contributed by atoms with Crippen molar-refractivity contribution < 1.29 is 18.3 Å². The zero-order valence-corrected chi connectivity index (χ0v) is 9.09. The number of carbonyl (C=O) groups is 1. The van der Waals surface area contributed by atoms with E-state index in [1.807, 2.05) is 0 Å². The molecule has 88 valence electrons. The minimum atomic E-state index is -1.62. The van der Waals surface area contributed by atoms with E-state index in [0.717, 1.165) is 12.1 Å². The second-order valence-corrected chi connectivity index (χ2v) is 3.55. The zero-order valence-electron chi connectivity index (χ0n) is 9.09. The number of halogens is 2. The van der Waals surface area contributed by atoms with E-state index in [1.165, 1.54) is 6.92 Å². The molecule has 2 N–H and O–H groups in total. The quantitative estimate of drug-likeness (QED) is 0.802. The number of carbonyl (C=O) groups excluding carboxylic acids is 1. The van der Waals surface area contributed by atoms with Crippen LogP contribution < -0.4 is 5.73 Å². The number of hydrogen-bond acceptors (Lipinski definition) is 3. The van der Waals surface area contributed by atoms with Crippen molar-refractivity contribution in [1.29, 1.82) is 0 Å². The Labute approximate surface area is 92.2 Å². The van der Waals surface area contributed by atoms with Gasteiger partial charge in [0.25, 0.3) is 0 Å². The maximum Gasteiger partial charge on any atom is 0.330 e. The lowest BCUT2D eigenvalue weighted by Crippen LogP contribution is -2.43. The maximum atomic E-state index is 13.4. The van der Waals surface area contributed by atoms with Gasteiger partial charge in [-0.3, -0.25) is 0 Å². The molecule has 0 spiro atoms. The van der Waals surface area contributed by atoms with Gasteiger partial charge in [-0.05, 0) is 19.9 Å². The first-order chi connectivity index (χ1) is 7.39. The molecule has 1 unspecified atom stereocenters. The second kappa shape index (κ2) is 4.57. The first kappa shape index (κ1) is 12.6. The monoisotopic (exact) mass is 229 g/mol. The van der Waals surface area contributed by atoms with E-state index in [2.05, 4.69) is 0 Å². The number of rotatable bonds is 3. The topological polar surface area (TPSA) is 52.3 Å². The summed E-state index contributed by atoms with van der Waals surface area (Å²) in [7, 11) is 0. The van der Waals surface area contributed by atoms with Crippen LogP contribution in [0, 0.1) is 11.6 Å². The van der Waals surface area contributed by atoms with E-state index < -0.39 is 23.1 Å². The molecule has 0 aliphatic carbocycles. The van der Waals surface area contributed by atoms with E-state index in [9.17, 15) is 13.6 Å². The average molecular weight is 229 g/mol. The minimum absolute atomic E-state index is 0.0904. The van der Waals surface area contributed by atoms with Crippen LogP contribution >= 0.6 is 0 Å². The van der Waals surface area contributed by atoms with Crippen molar-refractivity contribution in [2.45, 2.75) is 19.4 Å². The van der Waals surface area contributed by atoms with E-state index >= 15 is 0 Å². The van der Waals surface area contributed by atoms with Crippen LogP contribution in [0.4, 0.5) is 8.78 Å². The lowest BCUT2D eigenvalue weighted by molar-refractivity contribution is -0.149. The highest BCUT2D eigenvalue weighted by Gasteiger charge is 2.34. The summed E-state index contributed by atoms with van der Waals surface area (Å²) in [6.45, 7) is 3.09. The van der Waals surface area contributed by atoms with Crippen molar-refractivity contribution in [2.24, 2.45) is 5.73 Å². The van der Waals surface area contributed by atoms with Gasteiger partial charge in [-0.1, -0.05) is 6.07 Å². The van der Waals surface area contributed by atoms with Crippen LogP contribution in [0.5, 0.6) is 0 Å². The Morgan fingerprint density at radius 3 is 2.62 bits per heavy atom. The smallest absolute Gasteiger partial charge is 0.330 e. The first-order valence-electron chi connectivity index (χ1n) is 4.81. The lowest BCUT2D eigenvalue weighted by atomic mass is 9.93. The molecule has 0 bridgehead atoms. The molecule has 0 fully saturated rings. The van der Waals surface area contributed by atoms with Gasteiger partial charge in [0.15, 0.2) is 0 Å². The standard InChI is InChI=1S/C11H13F2NO2/c1-3-16-10(15)11(2,14)8-5-4-7(12)6-9(8)13/h4-6H,3,14H2,1-2H3. The van der Waals surface area contributed by atoms with Crippen molar-refractivity contribution >= 4 is 5.97 Å². The van der Waals surface area contributed by atoms with Gasteiger partial charge in [-0.15, -0.1) is 0 Å². The Bertz CT molecular complexity index is 405. The fourth-order valence-electron chi connectivity index (χ4n) is 1.30. The Hall–Kier alpha value is -1.49. The number of hydrogen-bond donors (Lipinski definition) is 1. The van der Waals surface area contributed by atoms with Gasteiger partial charge in [-0.25, -0.2) is 13.6 Å². The van der Waals surface area contributed by atoms with Crippen molar-refractivity contribution in [3.63, 3.8) is 0 Å². The fourth-order valence-corrected chi connectivity index (χ4v) is 1.30. The highest BCUT2D eigenvalue weighted by molar-refractivity contribution is 5.81. The van der Waals surface area contributed by atoms with E-state index in [-0.39, 0.29) is 12.2 Å². The molecule has 5 heteroatoms. The van der Waals surface area contributed by atoms with Crippen LogP contribution in [0.3, 0.4) is 0 Å². The molecule has 1 atom stereocenters. The molecule has 0 aliphatic rings. The van der Waals surface area contributed by atoms with Gasteiger partial charge in [-0.2, -0.15) is 0 Å². The van der Waals surface area contributed by atoms with Gasteiger partial charge in [0.05, 0.1) is 6.61 Å². The number of nitrogens with two attached hydrogens (primary N) is 1. The third-order valence-electron chi connectivity index (χ3n) is 2.19. The van der Waals surface area contributed by atoms with Gasteiger partial charge >= 0.3 is 5.97 Å².